The SMILES string of the molecule is CCC(=O)Nc1c(Br)cc(C)cc1C(=O)NC. The third-order valence-electron chi connectivity index (χ3n) is 2.29. The fraction of sp³-hybridized carbons (Fsp3) is 0.333. The molecule has 4 nitrogen and oxygen atoms in total. The van der Waals surface area contributed by atoms with Gasteiger partial charge in [-0.05, 0) is 40.5 Å². The molecule has 0 fully saturated rings. The summed E-state index contributed by atoms with van der Waals surface area (Å²) in [5, 5.41) is 5.28. The van der Waals surface area contributed by atoms with E-state index < -0.39 is 0 Å². The predicted octanol–water partition coefficient (Wildman–Crippen LogP) is 2.47. The standard InChI is InChI=1S/C12H15BrN2O2/c1-4-10(16)15-11-8(12(17)14-3)5-7(2)6-9(11)13/h5-6H,4H2,1-3H3,(H,14,17)(H,15,16). The van der Waals surface area contributed by atoms with E-state index in [1.165, 1.54) is 0 Å². The maximum atomic E-state index is 11.7. The number of nitrogens with one attached hydrogen (secondary N) is 2. The summed E-state index contributed by atoms with van der Waals surface area (Å²) in [5.41, 5.74) is 1.92. The van der Waals surface area contributed by atoms with Crippen LogP contribution in [0.1, 0.15) is 29.3 Å². The number of halogens is 1. The molecule has 0 atom stereocenters. The Bertz CT molecular complexity index is 458. The van der Waals surface area contributed by atoms with Gasteiger partial charge in [-0.1, -0.05) is 6.92 Å². The van der Waals surface area contributed by atoms with Crippen LogP contribution in [0.2, 0.25) is 0 Å². The lowest BCUT2D eigenvalue weighted by atomic mass is 10.1. The molecule has 0 bridgehead atoms. The van der Waals surface area contributed by atoms with E-state index in [-0.39, 0.29) is 11.8 Å². The zero-order chi connectivity index (χ0) is 13.0. The average molecular weight is 299 g/mol. The Hall–Kier alpha value is -1.36. The summed E-state index contributed by atoms with van der Waals surface area (Å²) in [6, 6.07) is 3.60. The molecular formula is C12H15BrN2O2. The van der Waals surface area contributed by atoms with Gasteiger partial charge in [0.25, 0.3) is 5.91 Å². The topological polar surface area (TPSA) is 58.2 Å². The zero-order valence-corrected chi connectivity index (χ0v) is 11.6. The largest absolute Gasteiger partial charge is 0.355 e. The monoisotopic (exact) mass is 298 g/mol. The van der Waals surface area contributed by atoms with Crippen molar-refractivity contribution in [1.29, 1.82) is 0 Å². The molecule has 0 unspecified atom stereocenters. The Morgan fingerprint density at radius 3 is 2.53 bits per heavy atom. The molecular weight excluding hydrogens is 284 g/mol. The summed E-state index contributed by atoms with van der Waals surface area (Å²) < 4.78 is 0.706. The van der Waals surface area contributed by atoms with Crippen molar-refractivity contribution in [2.75, 3.05) is 12.4 Å². The third kappa shape index (κ3) is 3.30. The first-order chi connectivity index (χ1) is 7.99. The number of carbonyl (C=O) groups excluding carboxylic acids is 2. The summed E-state index contributed by atoms with van der Waals surface area (Å²) in [6.07, 6.45) is 0.369. The molecule has 92 valence electrons. The summed E-state index contributed by atoms with van der Waals surface area (Å²) in [4.78, 5) is 23.1. The van der Waals surface area contributed by atoms with Gasteiger partial charge in [0.05, 0.1) is 11.3 Å². The smallest absolute Gasteiger partial charge is 0.253 e. The molecule has 1 rings (SSSR count). The second-order valence-corrected chi connectivity index (χ2v) is 4.50. The molecule has 2 amide bonds. The highest BCUT2D eigenvalue weighted by atomic mass is 79.9. The second kappa shape index (κ2) is 5.82. The number of benzene rings is 1. The van der Waals surface area contributed by atoms with Gasteiger partial charge in [0.1, 0.15) is 0 Å². The summed E-state index contributed by atoms with van der Waals surface area (Å²) in [5.74, 6) is -0.347. The molecule has 0 saturated carbocycles. The Labute approximate surface area is 109 Å². The lowest BCUT2D eigenvalue weighted by Gasteiger charge is -2.13. The quantitative estimate of drug-likeness (QED) is 0.900. The van der Waals surface area contributed by atoms with Crippen molar-refractivity contribution in [3.8, 4) is 0 Å². The molecule has 0 spiro atoms. The Balaban J connectivity index is 3.25. The molecule has 1 aromatic rings. The van der Waals surface area contributed by atoms with Gasteiger partial charge in [-0.25, -0.2) is 0 Å². The van der Waals surface area contributed by atoms with E-state index in [1.54, 1.807) is 20.0 Å². The first-order valence-corrected chi connectivity index (χ1v) is 6.11. The first kappa shape index (κ1) is 13.7. The maximum Gasteiger partial charge on any atom is 0.253 e. The number of amides is 2. The number of hydrogen-bond donors (Lipinski definition) is 2. The lowest BCUT2D eigenvalue weighted by Crippen LogP contribution is -2.21. The van der Waals surface area contributed by atoms with Crippen molar-refractivity contribution in [2.24, 2.45) is 0 Å². The Morgan fingerprint density at radius 1 is 1.35 bits per heavy atom. The fourth-order valence-corrected chi connectivity index (χ4v) is 2.08. The van der Waals surface area contributed by atoms with Crippen LogP contribution in [0.5, 0.6) is 0 Å². The van der Waals surface area contributed by atoms with E-state index in [4.69, 9.17) is 0 Å². The van der Waals surface area contributed by atoms with Gasteiger partial charge < -0.3 is 10.6 Å². The highest BCUT2D eigenvalue weighted by Gasteiger charge is 2.15. The van der Waals surface area contributed by atoms with E-state index in [2.05, 4.69) is 26.6 Å². The number of carbonyl (C=O) groups is 2. The van der Waals surface area contributed by atoms with Gasteiger partial charge in [0.15, 0.2) is 0 Å². The van der Waals surface area contributed by atoms with Crippen molar-refractivity contribution in [1.82, 2.24) is 5.32 Å². The van der Waals surface area contributed by atoms with Crippen molar-refractivity contribution in [3.05, 3.63) is 27.7 Å². The third-order valence-corrected chi connectivity index (χ3v) is 2.92. The molecule has 17 heavy (non-hydrogen) atoms. The van der Waals surface area contributed by atoms with Crippen LogP contribution in [0.4, 0.5) is 5.69 Å². The minimum atomic E-state index is -0.221. The molecule has 0 aliphatic heterocycles. The highest BCUT2D eigenvalue weighted by molar-refractivity contribution is 9.10. The first-order valence-electron chi connectivity index (χ1n) is 5.31. The molecule has 1 aromatic carbocycles. The molecule has 0 aliphatic rings. The van der Waals surface area contributed by atoms with Crippen LogP contribution in [0.3, 0.4) is 0 Å². The van der Waals surface area contributed by atoms with Crippen molar-refractivity contribution >= 4 is 33.4 Å². The van der Waals surface area contributed by atoms with Crippen LogP contribution in [0, 0.1) is 6.92 Å². The molecule has 0 radical (unpaired) electrons. The van der Waals surface area contributed by atoms with Crippen LogP contribution >= 0.6 is 15.9 Å². The van der Waals surface area contributed by atoms with Crippen molar-refractivity contribution in [2.45, 2.75) is 20.3 Å². The van der Waals surface area contributed by atoms with E-state index in [9.17, 15) is 9.59 Å². The van der Waals surface area contributed by atoms with Crippen LogP contribution in [0.25, 0.3) is 0 Å². The van der Waals surface area contributed by atoms with Gasteiger partial charge in [0.2, 0.25) is 5.91 Å². The van der Waals surface area contributed by atoms with Crippen LogP contribution in [-0.4, -0.2) is 18.9 Å². The minimum Gasteiger partial charge on any atom is -0.355 e. The van der Waals surface area contributed by atoms with Crippen LogP contribution in [-0.2, 0) is 4.79 Å². The van der Waals surface area contributed by atoms with Crippen molar-refractivity contribution < 1.29 is 9.59 Å². The fourth-order valence-electron chi connectivity index (χ4n) is 1.41. The number of anilines is 1. The minimum absolute atomic E-state index is 0.125. The highest BCUT2D eigenvalue weighted by Crippen LogP contribution is 2.28. The summed E-state index contributed by atoms with van der Waals surface area (Å²) in [6.45, 7) is 3.65. The molecule has 0 heterocycles. The summed E-state index contributed by atoms with van der Waals surface area (Å²) >= 11 is 3.36. The van der Waals surface area contributed by atoms with E-state index >= 15 is 0 Å². The Morgan fingerprint density at radius 2 is 2.00 bits per heavy atom. The molecule has 5 heteroatoms. The van der Waals surface area contributed by atoms with Gasteiger partial charge in [-0.3, -0.25) is 9.59 Å². The van der Waals surface area contributed by atoms with E-state index in [0.717, 1.165) is 5.56 Å². The normalized spacial score (nSPS) is 9.88. The van der Waals surface area contributed by atoms with Crippen LogP contribution in [0.15, 0.2) is 16.6 Å². The van der Waals surface area contributed by atoms with E-state index in [1.807, 2.05) is 13.0 Å². The molecule has 0 aromatic heterocycles. The number of rotatable bonds is 3. The summed E-state index contributed by atoms with van der Waals surface area (Å²) in [7, 11) is 1.56. The van der Waals surface area contributed by atoms with Crippen molar-refractivity contribution in [3.63, 3.8) is 0 Å². The predicted molar refractivity (Wildman–Crippen MR) is 71.2 cm³/mol. The van der Waals surface area contributed by atoms with Gasteiger partial charge in [-0.2, -0.15) is 0 Å². The number of hydrogen-bond acceptors (Lipinski definition) is 2. The van der Waals surface area contributed by atoms with Crippen LogP contribution < -0.4 is 10.6 Å². The van der Waals surface area contributed by atoms with E-state index in [0.29, 0.717) is 22.1 Å². The van der Waals surface area contributed by atoms with Gasteiger partial charge in [0, 0.05) is 17.9 Å². The molecule has 0 aliphatic carbocycles. The zero-order valence-electron chi connectivity index (χ0n) is 10.1. The lowest BCUT2D eigenvalue weighted by molar-refractivity contribution is -0.115. The van der Waals surface area contributed by atoms with Gasteiger partial charge in [-0.15, -0.1) is 0 Å². The average Bonchev–Trinajstić information content (AvgIpc) is 2.30. The number of aryl methyl sites for hydroxylation is 1. The molecule has 2 N–H and O–H groups in total. The Kier molecular flexibility index (Phi) is 4.69. The molecule has 0 saturated heterocycles. The van der Waals surface area contributed by atoms with Gasteiger partial charge >= 0.3 is 0 Å². The second-order valence-electron chi connectivity index (χ2n) is 3.65. The maximum absolute atomic E-state index is 11.7.